The lowest BCUT2D eigenvalue weighted by Crippen LogP contribution is -2.18. The Morgan fingerprint density at radius 1 is 1.00 bits per heavy atom. The van der Waals surface area contributed by atoms with E-state index < -0.39 is 40.1 Å². The van der Waals surface area contributed by atoms with E-state index in [1.54, 1.807) is 12.1 Å². The highest BCUT2D eigenvalue weighted by molar-refractivity contribution is 7.77. The van der Waals surface area contributed by atoms with Crippen LogP contribution in [0.15, 0.2) is 60.8 Å². The molecule has 0 spiro atoms. The third-order valence-electron chi connectivity index (χ3n) is 5.19. The van der Waals surface area contributed by atoms with Crippen LogP contribution in [0, 0.1) is 17.5 Å². The molecular weight excluding hydrogens is 467 g/mol. The summed E-state index contributed by atoms with van der Waals surface area (Å²) < 4.78 is 65.9. The molecule has 4 aromatic rings. The molecule has 0 bridgehead atoms. The van der Waals surface area contributed by atoms with Crippen molar-refractivity contribution in [3.8, 4) is 11.3 Å². The number of fused-ring (bicyclic) bond motifs is 1. The number of hydrogen-bond acceptors (Lipinski definition) is 5. The normalized spacial score (nSPS) is 12.1. The van der Waals surface area contributed by atoms with E-state index in [0.717, 1.165) is 6.07 Å². The van der Waals surface area contributed by atoms with Crippen molar-refractivity contribution < 1.29 is 26.7 Å². The minimum absolute atomic E-state index is 0.0245. The minimum Gasteiger partial charge on any atom is -0.760 e. The molecule has 1 heterocycles. The predicted molar refractivity (Wildman–Crippen MR) is 120 cm³/mol. The lowest BCUT2D eigenvalue weighted by Gasteiger charge is -2.11. The van der Waals surface area contributed by atoms with Gasteiger partial charge in [0.25, 0.3) is 0 Å². The molecule has 34 heavy (non-hydrogen) atoms. The molecule has 3 aromatic carbocycles. The molecule has 1 unspecified atom stereocenters. The number of rotatable bonds is 8. The van der Waals surface area contributed by atoms with E-state index in [-0.39, 0.29) is 30.5 Å². The average Bonchev–Trinajstić information content (AvgIpc) is 2.82. The Bertz CT molecular complexity index is 1400. The van der Waals surface area contributed by atoms with Gasteiger partial charge in [-0.25, -0.2) is 22.9 Å². The highest BCUT2D eigenvalue weighted by Crippen LogP contribution is 2.24. The zero-order valence-electron chi connectivity index (χ0n) is 17.6. The number of aromatic nitrogens is 2. The largest absolute Gasteiger partial charge is 0.760 e. The molecule has 6 nitrogen and oxygen atoms in total. The zero-order valence-corrected chi connectivity index (χ0v) is 18.4. The molecule has 1 aromatic heterocycles. The van der Waals surface area contributed by atoms with Gasteiger partial charge in [0.05, 0.1) is 28.5 Å². The van der Waals surface area contributed by atoms with Crippen molar-refractivity contribution in [2.45, 2.75) is 12.8 Å². The first-order chi connectivity index (χ1) is 16.3. The fourth-order valence-corrected chi connectivity index (χ4v) is 3.80. The minimum atomic E-state index is -2.43. The molecule has 0 amide bonds. The number of nitrogens with zero attached hydrogens (tertiary/aromatic N) is 2. The van der Waals surface area contributed by atoms with Crippen LogP contribution in [0.4, 0.5) is 13.2 Å². The standard InChI is InChI=1S/C24H18F3N3O3S/c25-17-7-3-14(4-8-17)21-13-28-19-10-6-16(12-20(19)30-21)24(31)22-18(26)9-5-15(23(22)27)2-1-11-29-34(32)33/h3-10,12-13,29H,1-2,11H2,(H,32,33)/p-1. The van der Waals surface area contributed by atoms with Gasteiger partial charge in [-0.2, -0.15) is 0 Å². The number of carbonyl (C=O) groups is 1. The van der Waals surface area contributed by atoms with Crippen LogP contribution in [0.3, 0.4) is 0 Å². The summed E-state index contributed by atoms with van der Waals surface area (Å²) >= 11 is -2.43. The van der Waals surface area contributed by atoms with Crippen molar-refractivity contribution in [1.29, 1.82) is 0 Å². The zero-order chi connectivity index (χ0) is 24.2. The molecule has 0 saturated carbocycles. The van der Waals surface area contributed by atoms with E-state index >= 15 is 4.39 Å². The molecule has 0 saturated heterocycles. The number of aryl methyl sites for hydroxylation is 1. The summed E-state index contributed by atoms with van der Waals surface area (Å²) in [7, 11) is 0. The molecular formula is C24H17F3N3O3S-. The van der Waals surface area contributed by atoms with Gasteiger partial charge >= 0.3 is 0 Å². The molecule has 0 radical (unpaired) electrons. The van der Waals surface area contributed by atoms with Gasteiger partial charge in [0.2, 0.25) is 0 Å². The second-order valence-electron chi connectivity index (χ2n) is 7.42. The average molecular weight is 484 g/mol. The predicted octanol–water partition coefficient (Wildman–Crippen LogP) is 4.26. The molecule has 1 atom stereocenters. The maximum atomic E-state index is 15.0. The van der Waals surface area contributed by atoms with Crippen LogP contribution in [-0.4, -0.2) is 31.1 Å². The van der Waals surface area contributed by atoms with Crippen molar-refractivity contribution in [3.63, 3.8) is 0 Å². The first-order valence-corrected chi connectivity index (χ1v) is 11.3. The van der Waals surface area contributed by atoms with Gasteiger partial charge in [-0.05, 0) is 66.9 Å². The van der Waals surface area contributed by atoms with Crippen molar-refractivity contribution in [1.82, 2.24) is 14.7 Å². The second-order valence-corrected chi connectivity index (χ2v) is 8.18. The van der Waals surface area contributed by atoms with E-state index in [9.17, 15) is 22.3 Å². The highest BCUT2D eigenvalue weighted by Gasteiger charge is 2.22. The smallest absolute Gasteiger partial charge is 0.199 e. The number of benzene rings is 3. The number of carbonyl (C=O) groups excluding carboxylic acids is 1. The lowest BCUT2D eigenvalue weighted by atomic mass is 9.97. The first-order valence-electron chi connectivity index (χ1n) is 10.2. The topological polar surface area (TPSA) is 95.0 Å². The Morgan fingerprint density at radius 3 is 2.50 bits per heavy atom. The molecule has 1 N–H and O–H groups in total. The molecule has 10 heteroatoms. The van der Waals surface area contributed by atoms with Crippen LogP contribution in [0.25, 0.3) is 22.3 Å². The van der Waals surface area contributed by atoms with Gasteiger partial charge in [-0.15, -0.1) is 0 Å². The molecule has 0 aliphatic heterocycles. The summed E-state index contributed by atoms with van der Waals surface area (Å²) in [6.45, 7) is 0.0793. The Labute approximate surface area is 195 Å². The molecule has 0 aliphatic rings. The Kier molecular flexibility index (Phi) is 7.11. The van der Waals surface area contributed by atoms with Crippen LogP contribution < -0.4 is 4.72 Å². The molecule has 0 fully saturated rings. The van der Waals surface area contributed by atoms with Gasteiger partial charge in [0, 0.05) is 28.9 Å². The number of ketones is 1. The Hall–Kier alpha value is -3.47. The van der Waals surface area contributed by atoms with E-state index in [1.165, 1.54) is 42.6 Å². The van der Waals surface area contributed by atoms with E-state index in [1.807, 2.05) is 0 Å². The van der Waals surface area contributed by atoms with Crippen LogP contribution in [0.5, 0.6) is 0 Å². The lowest BCUT2D eigenvalue weighted by molar-refractivity contribution is 0.103. The molecule has 174 valence electrons. The van der Waals surface area contributed by atoms with E-state index in [2.05, 4.69) is 14.7 Å². The quantitative estimate of drug-likeness (QED) is 0.229. The summed E-state index contributed by atoms with van der Waals surface area (Å²) in [4.78, 5) is 21.8. The summed E-state index contributed by atoms with van der Waals surface area (Å²) in [6, 6.07) is 12.2. The van der Waals surface area contributed by atoms with Gasteiger partial charge in [0.15, 0.2) is 5.78 Å². The van der Waals surface area contributed by atoms with Crippen LogP contribution in [-0.2, 0) is 17.7 Å². The third kappa shape index (κ3) is 5.19. The fraction of sp³-hybridized carbons (Fsp3) is 0.125. The summed E-state index contributed by atoms with van der Waals surface area (Å²) in [5.74, 6) is -3.24. The van der Waals surface area contributed by atoms with Gasteiger partial charge in [-0.3, -0.25) is 14.0 Å². The fourth-order valence-electron chi connectivity index (χ4n) is 3.49. The number of nitrogens with one attached hydrogen (secondary N) is 1. The van der Waals surface area contributed by atoms with Crippen LogP contribution in [0.2, 0.25) is 0 Å². The maximum absolute atomic E-state index is 15.0. The van der Waals surface area contributed by atoms with Gasteiger partial charge in [0.1, 0.15) is 17.5 Å². The van der Waals surface area contributed by atoms with Gasteiger partial charge in [-0.1, -0.05) is 6.07 Å². The van der Waals surface area contributed by atoms with Crippen molar-refractivity contribution in [3.05, 3.63) is 94.9 Å². The van der Waals surface area contributed by atoms with Crippen molar-refractivity contribution >= 4 is 28.1 Å². The Morgan fingerprint density at radius 2 is 1.76 bits per heavy atom. The van der Waals surface area contributed by atoms with E-state index in [4.69, 9.17) is 0 Å². The Balaban J connectivity index is 1.64. The maximum Gasteiger partial charge on any atom is 0.199 e. The summed E-state index contributed by atoms with van der Waals surface area (Å²) in [6.07, 6.45) is 1.89. The summed E-state index contributed by atoms with van der Waals surface area (Å²) in [5, 5.41) is 0. The second kappa shape index (κ2) is 10.2. The third-order valence-corrected chi connectivity index (χ3v) is 5.63. The number of halogens is 3. The SMILES string of the molecule is O=C(c1ccc2ncc(-c3ccc(F)cc3)nc2c1)c1c(F)ccc(CCCNS(=O)[O-])c1F. The molecule has 0 aliphatic carbocycles. The van der Waals surface area contributed by atoms with E-state index in [0.29, 0.717) is 22.3 Å². The monoisotopic (exact) mass is 484 g/mol. The molecule has 4 rings (SSSR count). The van der Waals surface area contributed by atoms with Crippen molar-refractivity contribution in [2.24, 2.45) is 0 Å². The van der Waals surface area contributed by atoms with Crippen LogP contribution >= 0.6 is 0 Å². The van der Waals surface area contributed by atoms with Crippen molar-refractivity contribution in [2.75, 3.05) is 6.54 Å². The van der Waals surface area contributed by atoms with Crippen LogP contribution in [0.1, 0.15) is 27.9 Å². The number of hydrogen-bond donors (Lipinski definition) is 1. The van der Waals surface area contributed by atoms with Gasteiger partial charge < -0.3 is 4.55 Å². The highest BCUT2D eigenvalue weighted by atomic mass is 32.2. The first kappa shape index (κ1) is 23.7. The summed E-state index contributed by atoms with van der Waals surface area (Å²) in [5.41, 5.74) is 1.30.